The molecule has 0 radical (unpaired) electrons. The van der Waals surface area contributed by atoms with Gasteiger partial charge >= 0.3 is 0 Å². The lowest BCUT2D eigenvalue weighted by molar-refractivity contribution is -0.123. The van der Waals surface area contributed by atoms with Crippen molar-refractivity contribution in [1.82, 2.24) is 9.97 Å². The molecular formula is C24H24N4O. The van der Waals surface area contributed by atoms with Gasteiger partial charge in [0.05, 0.1) is 17.0 Å². The van der Waals surface area contributed by atoms with E-state index in [9.17, 15) is 4.79 Å². The minimum atomic E-state index is -0.572. The van der Waals surface area contributed by atoms with E-state index in [0.717, 1.165) is 42.4 Å². The van der Waals surface area contributed by atoms with Crippen molar-refractivity contribution in [1.29, 1.82) is 0 Å². The van der Waals surface area contributed by atoms with Crippen LogP contribution in [0.1, 0.15) is 49.8 Å². The quantitative estimate of drug-likeness (QED) is 0.714. The zero-order valence-electron chi connectivity index (χ0n) is 16.5. The summed E-state index contributed by atoms with van der Waals surface area (Å²) in [5, 5.41) is 0. The van der Waals surface area contributed by atoms with E-state index in [0.29, 0.717) is 17.5 Å². The smallest absolute Gasteiger partial charge is 0.239 e. The van der Waals surface area contributed by atoms with Gasteiger partial charge in [0.15, 0.2) is 5.82 Å². The fraction of sp³-hybridized carbons (Fsp3) is 0.292. The third-order valence-electron chi connectivity index (χ3n) is 6.41. The molecule has 2 N–H and O–H groups in total. The Morgan fingerprint density at radius 1 is 0.966 bits per heavy atom. The Balaban J connectivity index is 1.71. The molecule has 1 atom stereocenters. The predicted molar refractivity (Wildman–Crippen MR) is 114 cm³/mol. The van der Waals surface area contributed by atoms with E-state index in [1.54, 1.807) is 0 Å². The second-order valence-electron chi connectivity index (χ2n) is 8.05. The number of fused-ring (bicyclic) bond motifs is 2. The van der Waals surface area contributed by atoms with Gasteiger partial charge in [-0.3, -0.25) is 9.69 Å². The van der Waals surface area contributed by atoms with Crippen LogP contribution in [0.15, 0.2) is 60.7 Å². The molecule has 0 unspecified atom stereocenters. The zero-order valence-corrected chi connectivity index (χ0v) is 16.5. The van der Waals surface area contributed by atoms with Gasteiger partial charge in [-0.25, -0.2) is 9.97 Å². The van der Waals surface area contributed by atoms with E-state index in [1.165, 1.54) is 0 Å². The van der Waals surface area contributed by atoms with Crippen molar-refractivity contribution in [3.8, 4) is 11.4 Å². The molecule has 1 aromatic heterocycles. The minimum Gasteiger partial charge on any atom is -0.383 e. The molecule has 1 spiro atoms. The van der Waals surface area contributed by atoms with E-state index < -0.39 is 5.41 Å². The van der Waals surface area contributed by atoms with Gasteiger partial charge in [-0.2, -0.15) is 0 Å². The number of nitrogens with two attached hydrogens (primary N) is 1. The second kappa shape index (κ2) is 6.69. The maximum absolute atomic E-state index is 13.8. The third kappa shape index (κ3) is 2.64. The first-order chi connectivity index (χ1) is 14.1. The van der Waals surface area contributed by atoms with Gasteiger partial charge in [-0.15, -0.1) is 0 Å². The van der Waals surface area contributed by atoms with E-state index in [1.807, 2.05) is 53.4 Å². The van der Waals surface area contributed by atoms with E-state index in [-0.39, 0.29) is 11.9 Å². The number of nitrogens with zero attached hydrogens (tertiary/aromatic N) is 3. The molecule has 2 aliphatic rings. The Bertz CT molecular complexity index is 1060. The molecule has 2 aromatic carbocycles. The van der Waals surface area contributed by atoms with Crippen LogP contribution in [0.25, 0.3) is 11.4 Å². The lowest BCUT2D eigenvalue weighted by atomic mass is 9.80. The predicted octanol–water partition coefficient (Wildman–Crippen LogP) is 4.65. The fourth-order valence-electron chi connectivity index (χ4n) is 4.93. The Labute approximate surface area is 170 Å². The maximum atomic E-state index is 13.8. The van der Waals surface area contributed by atoms with Crippen molar-refractivity contribution in [2.24, 2.45) is 0 Å². The summed E-state index contributed by atoms with van der Waals surface area (Å²) in [4.78, 5) is 25.2. The Hall–Kier alpha value is -3.21. The summed E-state index contributed by atoms with van der Waals surface area (Å²) in [6, 6.07) is 19.8. The van der Waals surface area contributed by atoms with Crippen molar-refractivity contribution >= 4 is 17.5 Å². The molecule has 0 saturated heterocycles. The number of carbonyl (C=O) groups is 1. The number of nitrogen functional groups attached to an aromatic ring is 1. The van der Waals surface area contributed by atoms with Gasteiger partial charge in [0.2, 0.25) is 5.91 Å². The van der Waals surface area contributed by atoms with Crippen LogP contribution >= 0.6 is 0 Å². The summed E-state index contributed by atoms with van der Waals surface area (Å²) in [6.45, 7) is 2.06. The van der Waals surface area contributed by atoms with Crippen LogP contribution in [-0.2, 0) is 10.2 Å². The number of hydrogen-bond donors (Lipinski definition) is 1. The minimum absolute atomic E-state index is 0.118. The molecule has 2 heterocycles. The summed E-state index contributed by atoms with van der Waals surface area (Å²) in [7, 11) is 0. The highest BCUT2D eigenvalue weighted by Crippen LogP contribution is 2.54. The van der Waals surface area contributed by atoms with Crippen molar-refractivity contribution in [3.63, 3.8) is 0 Å². The Morgan fingerprint density at radius 3 is 2.24 bits per heavy atom. The second-order valence-corrected chi connectivity index (χ2v) is 8.05. The summed E-state index contributed by atoms with van der Waals surface area (Å²) < 4.78 is 0. The summed E-state index contributed by atoms with van der Waals surface area (Å²) >= 11 is 0. The SMILES string of the molecule is C[C@@H](c1ccccc1)N1C(=O)C2(CCCC2)c2c(N)nc(-c3ccccc3)nc21. The highest BCUT2D eigenvalue weighted by Gasteiger charge is 2.55. The molecule has 1 aliphatic heterocycles. The van der Waals surface area contributed by atoms with Crippen LogP contribution in [0.2, 0.25) is 0 Å². The van der Waals surface area contributed by atoms with Crippen LogP contribution < -0.4 is 10.6 Å². The fourth-order valence-corrected chi connectivity index (χ4v) is 4.93. The molecule has 146 valence electrons. The van der Waals surface area contributed by atoms with E-state index in [4.69, 9.17) is 10.7 Å². The van der Waals surface area contributed by atoms with Gasteiger partial charge in [-0.1, -0.05) is 73.5 Å². The molecule has 5 nitrogen and oxygen atoms in total. The van der Waals surface area contributed by atoms with Gasteiger partial charge < -0.3 is 5.73 Å². The van der Waals surface area contributed by atoms with Crippen LogP contribution in [-0.4, -0.2) is 15.9 Å². The molecule has 0 bridgehead atoms. The molecule has 29 heavy (non-hydrogen) atoms. The number of anilines is 2. The summed E-state index contributed by atoms with van der Waals surface area (Å²) in [5.74, 6) is 1.80. The maximum Gasteiger partial charge on any atom is 0.239 e. The first-order valence-electron chi connectivity index (χ1n) is 10.2. The topological polar surface area (TPSA) is 72.1 Å². The first kappa shape index (κ1) is 17.9. The monoisotopic (exact) mass is 384 g/mol. The van der Waals surface area contributed by atoms with Crippen LogP contribution in [0.3, 0.4) is 0 Å². The van der Waals surface area contributed by atoms with E-state index >= 15 is 0 Å². The number of rotatable bonds is 3. The first-order valence-corrected chi connectivity index (χ1v) is 10.2. The van der Waals surface area contributed by atoms with Crippen LogP contribution in [0.4, 0.5) is 11.6 Å². The molecule has 5 heteroatoms. The van der Waals surface area contributed by atoms with Gasteiger partial charge in [0.1, 0.15) is 11.6 Å². The number of aromatic nitrogens is 2. The van der Waals surface area contributed by atoms with Gasteiger partial charge in [0, 0.05) is 5.56 Å². The largest absolute Gasteiger partial charge is 0.383 e. The molecule has 1 amide bonds. The molecule has 3 aromatic rings. The molecular weight excluding hydrogens is 360 g/mol. The third-order valence-corrected chi connectivity index (χ3v) is 6.41. The number of hydrogen-bond acceptors (Lipinski definition) is 4. The average Bonchev–Trinajstić information content (AvgIpc) is 3.33. The molecule has 1 fully saturated rings. The molecule has 5 rings (SSSR count). The molecule has 1 aliphatic carbocycles. The van der Waals surface area contributed by atoms with Crippen molar-refractivity contribution in [2.45, 2.75) is 44.1 Å². The Kier molecular flexibility index (Phi) is 4.12. The number of carbonyl (C=O) groups excluding carboxylic acids is 1. The number of benzene rings is 2. The number of amides is 1. The van der Waals surface area contributed by atoms with Crippen LogP contribution in [0, 0.1) is 0 Å². The average molecular weight is 384 g/mol. The standard InChI is InChI=1S/C24H24N4O/c1-16(17-10-4-2-5-11-17)28-22-19(24(23(28)29)14-8-9-15-24)20(25)26-21(27-22)18-12-6-3-7-13-18/h2-7,10-13,16H,8-9,14-15H2,1H3,(H2,25,26,27)/t16-/m0/s1. The Morgan fingerprint density at radius 2 is 1.59 bits per heavy atom. The lowest BCUT2D eigenvalue weighted by Gasteiger charge is -2.27. The highest BCUT2D eigenvalue weighted by atomic mass is 16.2. The van der Waals surface area contributed by atoms with E-state index in [2.05, 4.69) is 24.0 Å². The summed E-state index contributed by atoms with van der Waals surface area (Å²) in [5.41, 5.74) is 8.74. The zero-order chi connectivity index (χ0) is 20.0. The van der Waals surface area contributed by atoms with Crippen molar-refractivity contribution in [2.75, 3.05) is 10.6 Å². The van der Waals surface area contributed by atoms with Gasteiger partial charge in [0.25, 0.3) is 0 Å². The van der Waals surface area contributed by atoms with Gasteiger partial charge in [-0.05, 0) is 25.3 Å². The van der Waals surface area contributed by atoms with Crippen LogP contribution in [0.5, 0.6) is 0 Å². The highest BCUT2D eigenvalue weighted by molar-refractivity contribution is 6.09. The lowest BCUT2D eigenvalue weighted by Crippen LogP contribution is -2.40. The normalized spacial score (nSPS) is 18.2. The van der Waals surface area contributed by atoms with Crippen molar-refractivity contribution < 1.29 is 4.79 Å². The van der Waals surface area contributed by atoms with Crippen molar-refractivity contribution in [3.05, 3.63) is 71.8 Å². The molecule has 1 saturated carbocycles. The summed E-state index contributed by atoms with van der Waals surface area (Å²) in [6.07, 6.45) is 3.68.